The number of amides is 1. The van der Waals surface area contributed by atoms with Gasteiger partial charge in [-0.3, -0.25) is 4.79 Å². The molecular formula is C26H26ClF2N5O3. The van der Waals surface area contributed by atoms with Crippen LogP contribution >= 0.6 is 11.6 Å². The van der Waals surface area contributed by atoms with Crippen LogP contribution in [-0.4, -0.2) is 38.4 Å². The van der Waals surface area contributed by atoms with Gasteiger partial charge in [0.2, 0.25) is 5.91 Å². The molecule has 4 rings (SSSR count). The first-order valence-electron chi connectivity index (χ1n) is 11.6. The lowest BCUT2D eigenvalue weighted by molar-refractivity contribution is -0.130. The van der Waals surface area contributed by atoms with Gasteiger partial charge in [-0.15, -0.1) is 0 Å². The third-order valence-electron chi connectivity index (χ3n) is 5.84. The van der Waals surface area contributed by atoms with E-state index < -0.39 is 29.7 Å². The Kier molecular flexibility index (Phi) is 8.01. The van der Waals surface area contributed by atoms with Crippen molar-refractivity contribution in [3.63, 3.8) is 0 Å². The lowest BCUT2D eigenvalue weighted by Gasteiger charge is -2.21. The fraction of sp³-hybridized carbons (Fsp3) is 0.269. The molecule has 0 fully saturated rings. The highest BCUT2D eigenvalue weighted by molar-refractivity contribution is 6.31. The molecule has 1 amide bonds. The van der Waals surface area contributed by atoms with Crippen molar-refractivity contribution < 1.29 is 23.4 Å². The summed E-state index contributed by atoms with van der Waals surface area (Å²) in [6.45, 7) is 3.54. The SMILES string of the molecule is Cc1cc(-n2cc(F)cn2)c2cccc(OCc3c(Cl)cc(F)cc3[C@H](C)NC(=O)[C@@H](O)CCN)c2n1. The Bertz CT molecular complexity index is 1450. The lowest BCUT2D eigenvalue weighted by atomic mass is 10.0. The minimum atomic E-state index is -1.28. The molecule has 0 aliphatic carbocycles. The predicted molar refractivity (Wildman–Crippen MR) is 136 cm³/mol. The summed E-state index contributed by atoms with van der Waals surface area (Å²) in [7, 11) is 0. The smallest absolute Gasteiger partial charge is 0.249 e. The number of nitrogens with two attached hydrogens (primary N) is 1. The molecule has 2 atom stereocenters. The summed E-state index contributed by atoms with van der Waals surface area (Å²) in [4.78, 5) is 16.9. The first kappa shape index (κ1) is 26.5. The van der Waals surface area contributed by atoms with Crippen LogP contribution in [0.1, 0.15) is 36.2 Å². The highest BCUT2D eigenvalue weighted by Crippen LogP contribution is 2.32. The number of pyridine rings is 1. The fourth-order valence-electron chi connectivity index (χ4n) is 4.06. The van der Waals surface area contributed by atoms with Crippen LogP contribution < -0.4 is 15.8 Å². The van der Waals surface area contributed by atoms with Crippen LogP contribution in [0.25, 0.3) is 16.6 Å². The summed E-state index contributed by atoms with van der Waals surface area (Å²) in [6, 6.07) is 8.86. The van der Waals surface area contributed by atoms with E-state index in [1.54, 1.807) is 32.0 Å². The minimum Gasteiger partial charge on any atom is -0.487 e. The molecule has 0 spiro atoms. The summed E-state index contributed by atoms with van der Waals surface area (Å²) in [6.07, 6.45) is 1.21. The first-order valence-corrected chi connectivity index (χ1v) is 12.0. The number of halogens is 3. The van der Waals surface area contributed by atoms with Crippen molar-refractivity contribution in [2.45, 2.75) is 39.0 Å². The van der Waals surface area contributed by atoms with Gasteiger partial charge in [-0.25, -0.2) is 18.4 Å². The van der Waals surface area contributed by atoms with Crippen LogP contribution in [0.15, 0.2) is 48.8 Å². The number of rotatable bonds is 9. The van der Waals surface area contributed by atoms with E-state index in [1.807, 2.05) is 6.07 Å². The van der Waals surface area contributed by atoms with E-state index >= 15 is 0 Å². The summed E-state index contributed by atoms with van der Waals surface area (Å²) >= 11 is 6.38. The van der Waals surface area contributed by atoms with Gasteiger partial charge in [-0.05, 0) is 56.6 Å². The molecule has 2 heterocycles. The summed E-state index contributed by atoms with van der Waals surface area (Å²) in [5.41, 5.74) is 8.10. The maximum atomic E-state index is 14.3. The van der Waals surface area contributed by atoms with Crippen LogP contribution in [0.2, 0.25) is 5.02 Å². The number of carbonyl (C=O) groups excluding carboxylic acids is 1. The topological polar surface area (TPSA) is 115 Å². The van der Waals surface area contributed by atoms with Gasteiger partial charge in [0.15, 0.2) is 5.82 Å². The Hall–Kier alpha value is -3.60. The van der Waals surface area contributed by atoms with E-state index in [9.17, 15) is 18.7 Å². The molecule has 0 aliphatic rings. The molecule has 194 valence electrons. The van der Waals surface area contributed by atoms with Crippen molar-refractivity contribution in [3.05, 3.63) is 82.3 Å². The monoisotopic (exact) mass is 529 g/mol. The zero-order valence-corrected chi connectivity index (χ0v) is 21.0. The zero-order chi connectivity index (χ0) is 26.7. The number of fused-ring (bicyclic) bond motifs is 1. The number of para-hydroxylation sites is 1. The van der Waals surface area contributed by atoms with E-state index in [0.717, 1.165) is 12.3 Å². The zero-order valence-electron chi connectivity index (χ0n) is 20.2. The fourth-order valence-corrected chi connectivity index (χ4v) is 4.32. The number of hydrogen-bond donors (Lipinski definition) is 3. The van der Waals surface area contributed by atoms with Gasteiger partial charge < -0.3 is 20.9 Å². The maximum absolute atomic E-state index is 14.3. The predicted octanol–water partition coefficient (Wildman–Crippen LogP) is 4.13. The first-order chi connectivity index (χ1) is 17.7. The third kappa shape index (κ3) is 5.87. The quantitative estimate of drug-likeness (QED) is 0.300. The Morgan fingerprint density at radius 3 is 2.76 bits per heavy atom. The van der Waals surface area contributed by atoms with Gasteiger partial charge in [0, 0.05) is 16.6 Å². The second-order valence-corrected chi connectivity index (χ2v) is 9.01. The average molecular weight is 530 g/mol. The number of nitrogens with one attached hydrogen (secondary N) is 1. The standard InChI is InChI=1S/C26H26ClF2N5O3/c1-14-8-22(34-12-17(29)11-31-34)18-4-3-5-24(25(18)32-14)37-13-20-19(9-16(28)10-21(20)27)15(2)33-26(36)23(35)6-7-30/h3-5,8-12,15,23,35H,6-7,13,30H2,1-2H3,(H,33,36)/t15-,23-/m0/s1. The molecular weight excluding hydrogens is 504 g/mol. The minimum absolute atomic E-state index is 0.0551. The Labute approximate surface area is 217 Å². The number of hydrogen-bond acceptors (Lipinski definition) is 6. The molecule has 0 saturated carbocycles. The van der Waals surface area contributed by atoms with Crippen molar-refractivity contribution in [1.29, 1.82) is 0 Å². The van der Waals surface area contributed by atoms with Crippen LogP contribution in [-0.2, 0) is 11.4 Å². The van der Waals surface area contributed by atoms with Gasteiger partial charge in [-0.2, -0.15) is 5.10 Å². The largest absolute Gasteiger partial charge is 0.487 e. The second kappa shape index (κ2) is 11.2. The summed E-state index contributed by atoms with van der Waals surface area (Å²) in [5, 5.41) is 17.4. The third-order valence-corrected chi connectivity index (χ3v) is 6.18. The summed E-state index contributed by atoms with van der Waals surface area (Å²) in [5.74, 6) is -1.24. The Morgan fingerprint density at radius 1 is 1.27 bits per heavy atom. The van der Waals surface area contributed by atoms with E-state index in [-0.39, 0.29) is 24.6 Å². The van der Waals surface area contributed by atoms with Crippen LogP contribution in [0.4, 0.5) is 8.78 Å². The molecule has 11 heteroatoms. The van der Waals surface area contributed by atoms with Crippen molar-refractivity contribution in [1.82, 2.24) is 20.1 Å². The van der Waals surface area contributed by atoms with E-state index in [2.05, 4.69) is 15.4 Å². The van der Waals surface area contributed by atoms with Crippen LogP contribution in [0, 0.1) is 18.6 Å². The average Bonchev–Trinajstić information content (AvgIpc) is 3.28. The van der Waals surface area contributed by atoms with E-state index in [4.69, 9.17) is 22.1 Å². The number of carbonyl (C=O) groups is 1. The molecule has 0 unspecified atom stereocenters. The molecule has 0 saturated heterocycles. The molecule has 8 nitrogen and oxygen atoms in total. The highest BCUT2D eigenvalue weighted by Gasteiger charge is 2.22. The Balaban J connectivity index is 1.66. The molecule has 4 aromatic rings. The lowest BCUT2D eigenvalue weighted by Crippen LogP contribution is -2.37. The van der Waals surface area contributed by atoms with E-state index in [1.165, 1.54) is 16.9 Å². The van der Waals surface area contributed by atoms with Crippen molar-refractivity contribution in [2.24, 2.45) is 5.73 Å². The molecule has 37 heavy (non-hydrogen) atoms. The Morgan fingerprint density at radius 2 is 2.05 bits per heavy atom. The molecule has 0 aliphatic heterocycles. The van der Waals surface area contributed by atoms with Gasteiger partial charge in [0.05, 0.1) is 29.1 Å². The van der Waals surface area contributed by atoms with Crippen molar-refractivity contribution in [2.75, 3.05) is 6.54 Å². The normalized spacial score (nSPS) is 12.9. The molecule has 2 aromatic carbocycles. The number of aliphatic hydroxyl groups is 1. The molecule has 2 aromatic heterocycles. The number of aliphatic hydroxyl groups excluding tert-OH is 1. The molecule has 0 radical (unpaired) electrons. The van der Waals surface area contributed by atoms with Crippen LogP contribution in [0.3, 0.4) is 0 Å². The second-order valence-electron chi connectivity index (χ2n) is 8.61. The highest BCUT2D eigenvalue weighted by atomic mass is 35.5. The summed E-state index contributed by atoms with van der Waals surface area (Å²) < 4.78 is 35.4. The molecule has 0 bridgehead atoms. The number of benzene rings is 2. The van der Waals surface area contributed by atoms with Crippen LogP contribution in [0.5, 0.6) is 5.75 Å². The van der Waals surface area contributed by atoms with Gasteiger partial charge >= 0.3 is 0 Å². The number of ether oxygens (including phenoxy) is 1. The van der Waals surface area contributed by atoms with Gasteiger partial charge in [0.25, 0.3) is 0 Å². The van der Waals surface area contributed by atoms with Gasteiger partial charge in [-0.1, -0.05) is 23.7 Å². The molecule has 4 N–H and O–H groups in total. The van der Waals surface area contributed by atoms with Gasteiger partial charge in [0.1, 0.15) is 29.8 Å². The van der Waals surface area contributed by atoms with Crippen molar-refractivity contribution in [3.8, 4) is 11.4 Å². The maximum Gasteiger partial charge on any atom is 0.249 e. The van der Waals surface area contributed by atoms with Crippen molar-refractivity contribution >= 4 is 28.4 Å². The number of aromatic nitrogens is 3. The number of nitrogens with zero attached hydrogens (tertiary/aromatic N) is 3. The number of aryl methyl sites for hydroxylation is 1. The van der Waals surface area contributed by atoms with E-state index in [0.29, 0.717) is 39.2 Å².